The normalized spacial score (nSPS) is 20.0. The van der Waals surface area contributed by atoms with Gasteiger partial charge in [0.1, 0.15) is 11.9 Å². The molecule has 1 fully saturated rings. The number of nitrogens with zero attached hydrogens (tertiary/aromatic N) is 3. The molecule has 2 aromatic rings. The van der Waals surface area contributed by atoms with E-state index in [2.05, 4.69) is 33.5 Å². The Hall–Kier alpha value is -3.31. The van der Waals surface area contributed by atoms with E-state index < -0.39 is 6.04 Å². The molecule has 176 valence electrons. The van der Waals surface area contributed by atoms with E-state index in [1.807, 2.05) is 66.9 Å². The second kappa shape index (κ2) is 11.2. The van der Waals surface area contributed by atoms with Gasteiger partial charge in [0.05, 0.1) is 17.7 Å². The van der Waals surface area contributed by atoms with E-state index in [9.17, 15) is 4.79 Å². The standard InChI is InChI=1S/C27H31N5O2/c1-19(21-10-8-20(14-28)9-11-21)15-30-26(22-6-4-3-5-7-22)27(33)31-25-13-12-23(16-29-25)32-17-24(18-32)34-2/h3-11,13,16,19,23-24,26,30H,12,15,17-18H2,1-2H3,(H,31,33). The van der Waals surface area contributed by atoms with Gasteiger partial charge in [0.25, 0.3) is 0 Å². The summed E-state index contributed by atoms with van der Waals surface area (Å²) in [6, 6.07) is 19.2. The van der Waals surface area contributed by atoms with Crippen LogP contribution in [0.2, 0.25) is 0 Å². The van der Waals surface area contributed by atoms with Crippen molar-refractivity contribution in [3.05, 3.63) is 83.2 Å². The fourth-order valence-electron chi connectivity index (χ4n) is 4.23. The summed E-state index contributed by atoms with van der Waals surface area (Å²) in [7, 11) is 1.74. The van der Waals surface area contributed by atoms with Gasteiger partial charge in [-0.25, -0.2) is 4.99 Å². The van der Waals surface area contributed by atoms with Crippen molar-refractivity contribution >= 4 is 12.1 Å². The molecule has 7 nitrogen and oxygen atoms in total. The fourth-order valence-corrected chi connectivity index (χ4v) is 4.23. The first-order chi connectivity index (χ1) is 16.6. The van der Waals surface area contributed by atoms with Gasteiger partial charge in [0.15, 0.2) is 0 Å². The lowest BCUT2D eigenvalue weighted by molar-refractivity contribution is -0.122. The van der Waals surface area contributed by atoms with E-state index in [4.69, 9.17) is 10.00 Å². The highest BCUT2D eigenvalue weighted by Crippen LogP contribution is 2.21. The third-order valence-electron chi connectivity index (χ3n) is 6.50. The average Bonchev–Trinajstić information content (AvgIpc) is 2.85. The van der Waals surface area contributed by atoms with Crippen LogP contribution in [0, 0.1) is 11.3 Å². The molecule has 2 aliphatic heterocycles. The zero-order chi connectivity index (χ0) is 23.9. The van der Waals surface area contributed by atoms with Gasteiger partial charge in [-0.1, -0.05) is 49.4 Å². The first-order valence-corrected chi connectivity index (χ1v) is 11.7. The summed E-state index contributed by atoms with van der Waals surface area (Å²) in [5, 5.41) is 15.4. The minimum Gasteiger partial charge on any atom is -0.379 e. The Morgan fingerprint density at radius 1 is 1.18 bits per heavy atom. The molecule has 2 heterocycles. The summed E-state index contributed by atoms with van der Waals surface area (Å²) >= 11 is 0. The van der Waals surface area contributed by atoms with Gasteiger partial charge in [0.2, 0.25) is 5.91 Å². The van der Waals surface area contributed by atoms with Gasteiger partial charge in [-0.3, -0.25) is 9.69 Å². The van der Waals surface area contributed by atoms with Crippen LogP contribution in [0.4, 0.5) is 0 Å². The van der Waals surface area contributed by atoms with Crippen molar-refractivity contribution < 1.29 is 9.53 Å². The minimum atomic E-state index is -0.506. The number of amides is 1. The molecule has 1 amide bonds. The van der Waals surface area contributed by atoms with Crippen LogP contribution in [0.5, 0.6) is 0 Å². The third kappa shape index (κ3) is 5.78. The Labute approximate surface area is 201 Å². The molecular weight excluding hydrogens is 426 g/mol. The number of nitrogens with one attached hydrogen (secondary N) is 2. The van der Waals surface area contributed by atoms with Gasteiger partial charge >= 0.3 is 0 Å². The molecule has 3 unspecified atom stereocenters. The van der Waals surface area contributed by atoms with E-state index in [0.29, 0.717) is 24.0 Å². The van der Waals surface area contributed by atoms with Crippen LogP contribution in [-0.2, 0) is 9.53 Å². The molecule has 0 bridgehead atoms. The molecule has 34 heavy (non-hydrogen) atoms. The summed E-state index contributed by atoms with van der Waals surface area (Å²) in [6.07, 6.45) is 5.03. The van der Waals surface area contributed by atoms with Crippen LogP contribution in [0.15, 0.2) is 71.5 Å². The van der Waals surface area contributed by atoms with Crippen LogP contribution in [0.25, 0.3) is 0 Å². The molecule has 0 aliphatic carbocycles. The number of likely N-dealkylation sites (tertiary alicyclic amines) is 1. The van der Waals surface area contributed by atoms with Crippen molar-refractivity contribution in [1.29, 1.82) is 5.26 Å². The first-order valence-electron chi connectivity index (χ1n) is 11.7. The monoisotopic (exact) mass is 457 g/mol. The molecule has 7 heteroatoms. The van der Waals surface area contributed by atoms with Crippen molar-refractivity contribution in [3.63, 3.8) is 0 Å². The van der Waals surface area contributed by atoms with Gasteiger partial charge in [-0.2, -0.15) is 5.26 Å². The molecule has 2 N–H and O–H groups in total. The lowest BCUT2D eigenvalue weighted by Gasteiger charge is -2.42. The van der Waals surface area contributed by atoms with Crippen molar-refractivity contribution in [2.24, 2.45) is 4.99 Å². The number of methoxy groups -OCH3 is 1. The lowest BCUT2D eigenvalue weighted by Crippen LogP contribution is -2.56. The van der Waals surface area contributed by atoms with Gasteiger partial charge in [-0.15, -0.1) is 0 Å². The molecule has 0 radical (unpaired) electrons. The third-order valence-corrected chi connectivity index (χ3v) is 6.50. The Balaban J connectivity index is 1.37. The number of ether oxygens (including phenoxy) is 1. The maximum atomic E-state index is 13.3. The Kier molecular flexibility index (Phi) is 7.86. The highest BCUT2D eigenvalue weighted by molar-refractivity contribution is 5.85. The maximum Gasteiger partial charge on any atom is 0.247 e. The number of hydrogen-bond acceptors (Lipinski definition) is 6. The van der Waals surface area contributed by atoms with Gasteiger partial charge in [-0.05, 0) is 41.7 Å². The second-order valence-corrected chi connectivity index (χ2v) is 8.86. The van der Waals surface area contributed by atoms with E-state index in [1.165, 1.54) is 0 Å². The topological polar surface area (TPSA) is 89.8 Å². The van der Waals surface area contributed by atoms with E-state index in [-0.39, 0.29) is 17.9 Å². The summed E-state index contributed by atoms with van der Waals surface area (Å²) in [5.41, 5.74) is 2.66. The van der Waals surface area contributed by atoms with E-state index in [1.54, 1.807) is 7.11 Å². The molecule has 2 aliphatic rings. The SMILES string of the molecule is COC1CN(C2C=NC(NC(=O)C(NCC(C)c3ccc(C#N)cc3)c3ccccc3)=CC2)C1. The lowest BCUT2D eigenvalue weighted by atomic mass is 9.98. The van der Waals surface area contributed by atoms with Crippen molar-refractivity contribution in [1.82, 2.24) is 15.5 Å². The minimum absolute atomic E-state index is 0.136. The molecule has 3 atom stereocenters. The van der Waals surface area contributed by atoms with E-state index in [0.717, 1.165) is 30.6 Å². The molecule has 0 spiro atoms. The average molecular weight is 458 g/mol. The quantitative estimate of drug-likeness (QED) is 0.604. The van der Waals surface area contributed by atoms with Crippen molar-refractivity contribution in [2.45, 2.75) is 37.5 Å². The highest BCUT2D eigenvalue weighted by atomic mass is 16.5. The Bertz CT molecular complexity index is 1070. The second-order valence-electron chi connectivity index (χ2n) is 8.86. The number of rotatable bonds is 9. The predicted octanol–water partition coefficient (Wildman–Crippen LogP) is 3.12. The summed E-state index contributed by atoms with van der Waals surface area (Å²) in [6.45, 7) is 4.55. The van der Waals surface area contributed by atoms with Crippen LogP contribution >= 0.6 is 0 Å². The first kappa shape index (κ1) is 23.8. The van der Waals surface area contributed by atoms with Crippen LogP contribution in [-0.4, -0.2) is 55.9 Å². The molecule has 1 saturated heterocycles. The van der Waals surface area contributed by atoms with Crippen LogP contribution in [0.3, 0.4) is 0 Å². The van der Waals surface area contributed by atoms with Crippen molar-refractivity contribution in [3.8, 4) is 6.07 Å². The highest BCUT2D eigenvalue weighted by Gasteiger charge is 2.32. The Morgan fingerprint density at radius 2 is 1.91 bits per heavy atom. The van der Waals surface area contributed by atoms with Gasteiger partial charge in [0, 0.05) is 39.0 Å². The summed E-state index contributed by atoms with van der Waals surface area (Å²) in [5.74, 6) is 0.628. The van der Waals surface area contributed by atoms with E-state index >= 15 is 0 Å². The largest absolute Gasteiger partial charge is 0.379 e. The maximum absolute atomic E-state index is 13.3. The summed E-state index contributed by atoms with van der Waals surface area (Å²) < 4.78 is 5.35. The number of nitriles is 1. The molecule has 4 rings (SSSR count). The predicted molar refractivity (Wildman–Crippen MR) is 132 cm³/mol. The Morgan fingerprint density at radius 3 is 2.53 bits per heavy atom. The molecule has 2 aromatic carbocycles. The number of carbonyl (C=O) groups is 1. The number of carbonyl (C=O) groups excluding carboxylic acids is 1. The van der Waals surface area contributed by atoms with Gasteiger partial charge < -0.3 is 15.4 Å². The fraction of sp³-hybridized carbons (Fsp3) is 0.370. The number of benzene rings is 2. The smallest absolute Gasteiger partial charge is 0.247 e. The zero-order valence-electron chi connectivity index (χ0n) is 19.6. The molecule has 0 aromatic heterocycles. The number of aliphatic imine (C=N–C) groups is 1. The van der Waals surface area contributed by atoms with Crippen LogP contribution < -0.4 is 10.6 Å². The van der Waals surface area contributed by atoms with Crippen LogP contribution in [0.1, 0.15) is 42.0 Å². The summed E-state index contributed by atoms with van der Waals surface area (Å²) in [4.78, 5) is 20.1. The van der Waals surface area contributed by atoms with Crippen molar-refractivity contribution in [2.75, 3.05) is 26.7 Å². The zero-order valence-corrected chi connectivity index (χ0v) is 19.6. The number of hydrogen-bond donors (Lipinski definition) is 2. The molecule has 0 saturated carbocycles. The molecular formula is C27H31N5O2.